The molecule has 0 aromatic rings. The van der Waals surface area contributed by atoms with Gasteiger partial charge in [0, 0.05) is 5.92 Å². The summed E-state index contributed by atoms with van der Waals surface area (Å²) >= 11 is 0. The molecule has 1 nitrogen and oxygen atoms in total. The summed E-state index contributed by atoms with van der Waals surface area (Å²) in [5.74, 6) is 0.515. The second-order valence-corrected chi connectivity index (χ2v) is 3.64. The molecular formula is C10H18O. The Labute approximate surface area is 69.4 Å². The van der Waals surface area contributed by atoms with Crippen LogP contribution in [-0.4, -0.2) is 12.2 Å². The van der Waals surface area contributed by atoms with E-state index in [9.17, 15) is 0 Å². The van der Waals surface area contributed by atoms with Gasteiger partial charge in [0.25, 0.3) is 0 Å². The van der Waals surface area contributed by atoms with E-state index in [-0.39, 0.29) is 5.60 Å². The Kier molecular flexibility index (Phi) is 2.38. The van der Waals surface area contributed by atoms with Gasteiger partial charge >= 0.3 is 0 Å². The van der Waals surface area contributed by atoms with E-state index in [2.05, 4.69) is 27.4 Å². The fourth-order valence-electron chi connectivity index (χ4n) is 1.60. The van der Waals surface area contributed by atoms with Crippen LogP contribution in [0.1, 0.15) is 33.6 Å². The highest BCUT2D eigenvalue weighted by Crippen LogP contribution is 2.35. The van der Waals surface area contributed by atoms with Crippen molar-refractivity contribution in [3.8, 4) is 0 Å². The lowest BCUT2D eigenvalue weighted by molar-refractivity contribution is -0.0809. The Bertz CT molecular complexity index is 162. The second-order valence-electron chi connectivity index (χ2n) is 3.64. The SMILES string of the molecule is C=C1CCOC(C)(CC)C1C. The van der Waals surface area contributed by atoms with Crippen molar-refractivity contribution in [3.63, 3.8) is 0 Å². The van der Waals surface area contributed by atoms with Crippen molar-refractivity contribution in [2.45, 2.75) is 39.2 Å². The van der Waals surface area contributed by atoms with Crippen LogP contribution in [0.15, 0.2) is 12.2 Å². The van der Waals surface area contributed by atoms with Gasteiger partial charge in [0.2, 0.25) is 0 Å². The standard InChI is InChI=1S/C10H18O/c1-5-10(4)9(3)8(2)6-7-11-10/h9H,2,5-7H2,1,3-4H3. The third kappa shape index (κ3) is 1.48. The van der Waals surface area contributed by atoms with Gasteiger partial charge in [-0.1, -0.05) is 26.0 Å². The van der Waals surface area contributed by atoms with Crippen LogP contribution in [-0.2, 0) is 4.74 Å². The van der Waals surface area contributed by atoms with Crippen LogP contribution in [0.4, 0.5) is 0 Å². The third-order valence-corrected chi connectivity index (χ3v) is 3.09. The van der Waals surface area contributed by atoms with Crippen molar-refractivity contribution in [1.82, 2.24) is 0 Å². The highest BCUT2D eigenvalue weighted by atomic mass is 16.5. The van der Waals surface area contributed by atoms with Crippen molar-refractivity contribution in [2.75, 3.05) is 6.61 Å². The van der Waals surface area contributed by atoms with Crippen LogP contribution < -0.4 is 0 Å². The predicted molar refractivity (Wildman–Crippen MR) is 47.6 cm³/mol. The molecule has 0 N–H and O–H groups in total. The summed E-state index contributed by atoms with van der Waals surface area (Å²) < 4.78 is 5.74. The molecule has 0 aromatic carbocycles. The lowest BCUT2D eigenvalue weighted by Gasteiger charge is -2.40. The quantitative estimate of drug-likeness (QED) is 0.528. The minimum absolute atomic E-state index is 0.0509. The molecule has 1 aliphatic rings. The second kappa shape index (κ2) is 2.98. The fourth-order valence-corrected chi connectivity index (χ4v) is 1.60. The Morgan fingerprint density at radius 3 is 2.82 bits per heavy atom. The maximum absolute atomic E-state index is 5.74. The van der Waals surface area contributed by atoms with E-state index in [0.717, 1.165) is 19.4 Å². The minimum Gasteiger partial charge on any atom is -0.374 e. The van der Waals surface area contributed by atoms with E-state index < -0.39 is 0 Å². The topological polar surface area (TPSA) is 9.23 Å². The van der Waals surface area contributed by atoms with E-state index in [1.165, 1.54) is 5.57 Å². The van der Waals surface area contributed by atoms with Gasteiger partial charge in [-0.05, 0) is 19.8 Å². The molecule has 2 unspecified atom stereocenters. The van der Waals surface area contributed by atoms with Crippen LogP contribution >= 0.6 is 0 Å². The summed E-state index contributed by atoms with van der Waals surface area (Å²) in [6.45, 7) is 11.5. The molecule has 1 rings (SSSR count). The molecule has 0 aliphatic carbocycles. The highest BCUT2D eigenvalue weighted by Gasteiger charge is 2.34. The van der Waals surface area contributed by atoms with Gasteiger partial charge in [0.05, 0.1) is 12.2 Å². The average molecular weight is 154 g/mol. The monoisotopic (exact) mass is 154 g/mol. The van der Waals surface area contributed by atoms with Gasteiger partial charge in [0.1, 0.15) is 0 Å². The van der Waals surface area contributed by atoms with E-state index in [4.69, 9.17) is 4.74 Å². The molecule has 0 aromatic heterocycles. The number of ether oxygens (including phenoxy) is 1. The zero-order valence-electron chi connectivity index (χ0n) is 7.81. The molecule has 1 heterocycles. The van der Waals surface area contributed by atoms with Crippen LogP contribution in [0.3, 0.4) is 0 Å². The van der Waals surface area contributed by atoms with E-state index >= 15 is 0 Å². The Morgan fingerprint density at radius 2 is 2.36 bits per heavy atom. The fraction of sp³-hybridized carbons (Fsp3) is 0.800. The summed E-state index contributed by atoms with van der Waals surface area (Å²) in [7, 11) is 0. The van der Waals surface area contributed by atoms with Crippen molar-refractivity contribution in [3.05, 3.63) is 12.2 Å². The van der Waals surface area contributed by atoms with E-state index in [1.54, 1.807) is 0 Å². The first kappa shape index (κ1) is 8.79. The van der Waals surface area contributed by atoms with Crippen molar-refractivity contribution in [2.24, 2.45) is 5.92 Å². The molecule has 1 aliphatic heterocycles. The van der Waals surface area contributed by atoms with Crippen LogP contribution in [0, 0.1) is 5.92 Å². The molecule has 0 radical (unpaired) electrons. The van der Waals surface area contributed by atoms with E-state index in [1.807, 2.05) is 0 Å². The molecule has 1 heteroatoms. The lowest BCUT2D eigenvalue weighted by atomic mass is 9.80. The maximum atomic E-state index is 5.74. The molecule has 1 fully saturated rings. The largest absolute Gasteiger partial charge is 0.374 e. The van der Waals surface area contributed by atoms with E-state index in [0.29, 0.717) is 5.92 Å². The number of hydrogen-bond acceptors (Lipinski definition) is 1. The van der Waals surface area contributed by atoms with Gasteiger partial charge < -0.3 is 4.74 Å². The van der Waals surface area contributed by atoms with Gasteiger partial charge in [-0.3, -0.25) is 0 Å². The molecule has 0 amide bonds. The molecule has 2 atom stereocenters. The Morgan fingerprint density at radius 1 is 1.73 bits per heavy atom. The van der Waals surface area contributed by atoms with Crippen LogP contribution in [0.2, 0.25) is 0 Å². The normalized spacial score (nSPS) is 39.2. The smallest absolute Gasteiger partial charge is 0.0714 e. The number of hydrogen-bond donors (Lipinski definition) is 0. The van der Waals surface area contributed by atoms with Gasteiger partial charge in [-0.2, -0.15) is 0 Å². The van der Waals surface area contributed by atoms with Crippen molar-refractivity contribution < 1.29 is 4.74 Å². The summed E-state index contributed by atoms with van der Waals surface area (Å²) in [6.07, 6.45) is 2.12. The van der Waals surface area contributed by atoms with Crippen LogP contribution in [0.5, 0.6) is 0 Å². The summed E-state index contributed by atoms with van der Waals surface area (Å²) in [5, 5.41) is 0. The molecule has 11 heavy (non-hydrogen) atoms. The first-order valence-electron chi connectivity index (χ1n) is 4.42. The minimum atomic E-state index is 0.0509. The molecule has 0 bridgehead atoms. The first-order chi connectivity index (χ1) is 5.10. The maximum Gasteiger partial charge on any atom is 0.0714 e. The summed E-state index contributed by atoms with van der Waals surface area (Å²) in [5.41, 5.74) is 1.40. The number of rotatable bonds is 1. The molecule has 64 valence electrons. The van der Waals surface area contributed by atoms with Crippen molar-refractivity contribution >= 4 is 0 Å². The van der Waals surface area contributed by atoms with Gasteiger partial charge in [-0.15, -0.1) is 0 Å². The summed E-state index contributed by atoms with van der Waals surface area (Å²) in [6, 6.07) is 0. The zero-order chi connectivity index (χ0) is 8.48. The summed E-state index contributed by atoms with van der Waals surface area (Å²) in [4.78, 5) is 0. The highest BCUT2D eigenvalue weighted by molar-refractivity contribution is 5.08. The Balaban J connectivity index is 2.72. The Hall–Kier alpha value is -0.300. The van der Waals surface area contributed by atoms with Gasteiger partial charge in [0.15, 0.2) is 0 Å². The van der Waals surface area contributed by atoms with Gasteiger partial charge in [-0.25, -0.2) is 0 Å². The van der Waals surface area contributed by atoms with Crippen LogP contribution in [0.25, 0.3) is 0 Å². The molecule has 0 spiro atoms. The average Bonchev–Trinajstić information content (AvgIpc) is 2.00. The lowest BCUT2D eigenvalue weighted by Crippen LogP contribution is -2.40. The zero-order valence-corrected chi connectivity index (χ0v) is 7.81. The van der Waals surface area contributed by atoms with Crippen molar-refractivity contribution in [1.29, 1.82) is 0 Å². The molecular weight excluding hydrogens is 136 g/mol. The molecule has 1 saturated heterocycles. The third-order valence-electron chi connectivity index (χ3n) is 3.09. The first-order valence-corrected chi connectivity index (χ1v) is 4.42. The molecule has 0 saturated carbocycles. The predicted octanol–water partition coefficient (Wildman–Crippen LogP) is 2.77.